The number of ether oxygens (including phenoxy) is 1. The summed E-state index contributed by atoms with van der Waals surface area (Å²) in [6.07, 6.45) is 2.06. The second kappa shape index (κ2) is 9.15. The summed E-state index contributed by atoms with van der Waals surface area (Å²) >= 11 is 0. The van der Waals surface area contributed by atoms with Gasteiger partial charge in [0.2, 0.25) is 0 Å². The number of furan rings is 2. The number of para-hydroxylation sites is 1. The van der Waals surface area contributed by atoms with Gasteiger partial charge in [0.05, 0.1) is 19.9 Å². The summed E-state index contributed by atoms with van der Waals surface area (Å²) in [7, 11) is 3.23. The summed E-state index contributed by atoms with van der Waals surface area (Å²) < 4.78 is 30.6. The number of hydrogen-bond acceptors (Lipinski definition) is 6. The van der Waals surface area contributed by atoms with Gasteiger partial charge in [-0.25, -0.2) is 9.40 Å². The molecule has 0 saturated carbocycles. The van der Waals surface area contributed by atoms with Crippen molar-refractivity contribution in [2.45, 2.75) is 19.0 Å². The van der Waals surface area contributed by atoms with Crippen molar-refractivity contribution in [3.8, 4) is 5.75 Å². The van der Waals surface area contributed by atoms with E-state index in [4.69, 9.17) is 13.6 Å². The fourth-order valence-corrected chi connectivity index (χ4v) is 4.19. The molecule has 1 amide bonds. The lowest BCUT2D eigenvalue weighted by Gasteiger charge is -2.23. The second-order valence-electron chi connectivity index (χ2n) is 8.31. The molecular formula is C26H24FN3O4. The molecule has 4 aromatic rings. The number of amides is 1. The third-order valence-electron chi connectivity index (χ3n) is 5.82. The van der Waals surface area contributed by atoms with Gasteiger partial charge in [-0.05, 0) is 49.0 Å². The average molecular weight is 461 g/mol. The fraction of sp³-hybridized carbons (Fsp3) is 0.231. The molecule has 0 spiro atoms. The SMILES string of the molecule is COc1ccc(CN(C)CC(=O)N2N=C(c3cc4ccccc4o3)CC2c2ccco2)cc1F. The molecule has 0 bridgehead atoms. The summed E-state index contributed by atoms with van der Waals surface area (Å²) in [5.41, 5.74) is 2.20. The largest absolute Gasteiger partial charge is 0.494 e. The van der Waals surface area contributed by atoms with Crippen molar-refractivity contribution in [1.82, 2.24) is 9.91 Å². The van der Waals surface area contributed by atoms with E-state index in [1.54, 1.807) is 24.5 Å². The number of hydrazone groups is 1. The Morgan fingerprint density at radius 3 is 2.79 bits per heavy atom. The van der Waals surface area contributed by atoms with Gasteiger partial charge in [0.25, 0.3) is 5.91 Å². The zero-order valence-corrected chi connectivity index (χ0v) is 18.9. The van der Waals surface area contributed by atoms with Gasteiger partial charge in [0.15, 0.2) is 17.3 Å². The molecule has 7 nitrogen and oxygen atoms in total. The van der Waals surface area contributed by atoms with Gasteiger partial charge >= 0.3 is 0 Å². The molecule has 1 aliphatic rings. The van der Waals surface area contributed by atoms with E-state index < -0.39 is 5.82 Å². The Bertz CT molecular complexity index is 1310. The van der Waals surface area contributed by atoms with Gasteiger partial charge in [-0.3, -0.25) is 9.69 Å². The number of halogens is 1. The van der Waals surface area contributed by atoms with E-state index in [1.807, 2.05) is 48.3 Å². The molecule has 1 aliphatic heterocycles. The Hall–Kier alpha value is -3.91. The third-order valence-corrected chi connectivity index (χ3v) is 5.82. The van der Waals surface area contributed by atoms with Crippen LogP contribution in [0.5, 0.6) is 5.75 Å². The summed E-state index contributed by atoms with van der Waals surface area (Å²) in [5.74, 6) is 0.854. The van der Waals surface area contributed by atoms with Crippen LogP contribution in [0.3, 0.4) is 0 Å². The summed E-state index contributed by atoms with van der Waals surface area (Å²) in [5, 5.41) is 7.07. The number of nitrogens with zero attached hydrogens (tertiary/aromatic N) is 3. The van der Waals surface area contributed by atoms with Crippen LogP contribution in [0, 0.1) is 5.82 Å². The first-order chi connectivity index (χ1) is 16.5. The van der Waals surface area contributed by atoms with Gasteiger partial charge < -0.3 is 13.6 Å². The van der Waals surface area contributed by atoms with Crippen LogP contribution >= 0.6 is 0 Å². The molecular weight excluding hydrogens is 437 g/mol. The Balaban J connectivity index is 1.35. The van der Waals surface area contributed by atoms with Gasteiger partial charge in [-0.2, -0.15) is 5.10 Å². The maximum Gasteiger partial charge on any atom is 0.257 e. The molecule has 8 heteroatoms. The Morgan fingerprint density at radius 2 is 2.06 bits per heavy atom. The van der Waals surface area contributed by atoms with E-state index in [-0.39, 0.29) is 24.2 Å². The monoisotopic (exact) mass is 461 g/mol. The van der Waals surface area contributed by atoms with Gasteiger partial charge in [0.1, 0.15) is 23.1 Å². The first-order valence-corrected chi connectivity index (χ1v) is 10.9. The molecule has 2 aromatic heterocycles. The van der Waals surface area contributed by atoms with E-state index >= 15 is 0 Å². The van der Waals surface area contributed by atoms with Crippen molar-refractivity contribution in [1.29, 1.82) is 0 Å². The lowest BCUT2D eigenvalue weighted by atomic mass is 10.1. The minimum atomic E-state index is -0.433. The van der Waals surface area contributed by atoms with Crippen molar-refractivity contribution in [2.24, 2.45) is 5.10 Å². The average Bonchev–Trinajstić information content (AvgIpc) is 3.57. The number of benzene rings is 2. The fourth-order valence-electron chi connectivity index (χ4n) is 4.19. The minimum absolute atomic E-state index is 0.0990. The number of carbonyl (C=O) groups excluding carboxylic acids is 1. The van der Waals surface area contributed by atoms with Crippen molar-refractivity contribution < 1.29 is 22.8 Å². The lowest BCUT2D eigenvalue weighted by molar-refractivity contribution is -0.134. The summed E-state index contributed by atoms with van der Waals surface area (Å²) in [6.45, 7) is 0.494. The van der Waals surface area contributed by atoms with E-state index in [2.05, 4.69) is 5.10 Å². The molecule has 0 fully saturated rings. The van der Waals surface area contributed by atoms with Crippen LogP contribution in [0.1, 0.15) is 29.5 Å². The van der Waals surface area contributed by atoms with Crippen molar-refractivity contribution in [3.05, 3.63) is 89.8 Å². The quantitative estimate of drug-likeness (QED) is 0.388. The number of carbonyl (C=O) groups is 1. The highest BCUT2D eigenvalue weighted by Gasteiger charge is 2.36. The Labute approximate surface area is 196 Å². The van der Waals surface area contributed by atoms with Crippen LogP contribution in [0.25, 0.3) is 11.0 Å². The Morgan fingerprint density at radius 1 is 1.21 bits per heavy atom. The Kier molecular flexibility index (Phi) is 5.90. The topological polar surface area (TPSA) is 71.4 Å². The molecule has 0 aliphatic carbocycles. The summed E-state index contributed by atoms with van der Waals surface area (Å²) in [4.78, 5) is 15.1. The predicted octanol–water partition coefficient (Wildman–Crippen LogP) is 4.98. The maximum atomic E-state index is 14.0. The number of methoxy groups -OCH3 is 1. The second-order valence-corrected chi connectivity index (χ2v) is 8.31. The standard InChI is InChI=1S/C26H24FN3O4/c1-29(15-17-9-10-23(32-2)19(27)12-17)16-26(31)30-21(24-8-5-11-33-24)14-20(28-30)25-13-18-6-3-4-7-22(18)34-25/h3-13,21H,14-16H2,1-2H3. The van der Waals surface area contributed by atoms with Crippen LogP contribution in [0.15, 0.2) is 80.9 Å². The highest BCUT2D eigenvalue weighted by Crippen LogP contribution is 2.34. The van der Waals surface area contributed by atoms with Crippen LogP contribution < -0.4 is 4.74 Å². The molecule has 2 aromatic carbocycles. The molecule has 3 heterocycles. The number of rotatable bonds is 7. The zero-order chi connectivity index (χ0) is 23.7. The number of hydrogen-bond donors (Lipinski definition) is 0. The van der Waals surface area contributed by atoms with Crippen LogP contribution in [-0.2, 0) is 11.3 Å². The first kappa shape index (κ1) is 21.9. The lowest BCUT2D eigenvalue weighted by Crippen LogP contribution is -2.36. The smallest absolute Gasteiger partial charge is 0.257 e. The molecule has 174 valence electrons. The van der Waals surface area contributed by atoms with Crippen molar-refractivity contribution in [2.75, 3.05) is 20.7 Å². The van der Waals surface area contributed by atoms with E-state index in [9.17, 15) is 9.18 Å². The van der Waals surface area contributed by atoms with E-state index in [0.717, 1.165) is 16.5 Å². The first-order valence-electron chi connectivity index (χ1n) is 10.9. The predicted molar refractivity (Wildman–Crippen MR) is 125 cm³/mol. The van der Waals surface area contributed by atoms with Gasteiger partial charge in [-0.1, -0.05) is 24.3 Å². The molecule has 0 N–H and O–H groups in total. The highest BCUT2D eigenvalue weighted by atomic mass is 19.1. The maximum absolute atomic E-state index is 14.0. The third kappa shape index (κ3) is 4.32. The molecule has 34 heavy (non-hydrogen) atoms. The van der Waals surface area contributed by atoms with Crippen molar-refractivity contribution >= 4 is 22.6 Å². The molecule has 0 radical (unpaired) electrons. The van der Waals surface area contributed by atoms with Gasteiger partial charge in [-0.15, -0.1) is 0 Å². The molecule has 5 rings (SSSR count). The molecule has 0 saturated heterocycles. The van der Waals surface area contributed by atoms with Gasteiger partial charge in [0, 0.05) is 18.4 Å². The molecule has 1 unspecified atom stereocenters. The normalized spacial score (nSPS) is 15.8. The van der Waals surface area contributed by atoms with E-state index in [1.165, 1.54) is 18.2 Å². The number of fused-ring (bicyclic) bond motifs is 1. The summed E-state index contributed by atoms with van der Waals surface area (Å²) in [6, 6.07) is 17.7. The highest BCUT2D eigenvalue weighted by molar-refractivity contribution is 6.03. The van der Waals surface area contributed by atoms with Crippen LogP contribution in [0.2, 0.25) is 0 Å². The van der Waals surface area contributed by atoms with Crippen LogP contribution in [0.4, 0.5) is 4.39 Å². The van der Waals surface area contributed by atoms with Crippen LogP contribution in [-0.4, -0.2) is 42.2 Å². The zero-order valence-electron chi connectivity index (χ0n) is 18.9. The minimum Gasteiger partial charge on any atom is -0.494 e. The molecule has 1 atom stereocenters. The number of likely N-dealkylation sites (N-methyl/N-ethyl adjacent to an activating group) is 1. The van der Waals surface area contributed by atoms with E-state index in [0.29, 0.717) is 30.2 Å². The van der Waals surface area contributed by atoms with Crippen molar-refractivity contribution in [3.63, 3.8) is 0 Å².